The van der Waals surface area contributed by atoms with Crippen LogP contribution in [0.1, 0.15) is 17.4 Å². The zero-order valence-electron chi connectivity index (χ0n) is 14.1. The van der Waals surface area contributed by atoms with Gasteiger partial charge in [-0.1, -0.05) is 31.2 Å². The van der Waals surface area contributed by atoms with Crippen molar-refractivity contribution in [1.29, 1.82) is 0 Å². The van der Waals surface area contributed by atoms with Crippen molar-refractivity contribution >= 4 is 36.5 Å². The SMILES string of the molecule is CCOC(=O)c1cc2ccnc(Cl)c2n1COCC[Si](C)(C)C. The first-order chi connectivity index (χ1) is 10.8. The number of nitrogens with zero attached hydrogens (tertiary/aromatic N) is 2. The Balaban J connectivity index is 2.27. The van der Waals surface area contributed by atoms with E-state index in [2.05, 4.69) is 24.6 Å². The maximum absolute atomic E-state index is 12.2. The van der Waals surface area contributed by atoms with Gasteiger partial charge in [0.1, 0.15) is 12.4 Å². The molecule has 0 saturated heterocycles. The number of ether oxygens (including phenoxy) is 2. The molecule has 0 amide bonds. The monoisotopic (exact) mass is 354 g/mol. The van der Waals surface area contributed by atoms with Crippen molar-refractivity contribution in [2.75, 3.05) is 13.2 Å². The van der Waals surface area contributed by atoms with Crippen LogP contribution in [-0.2, 0) is 16.2 Å². The Labute approximate surface area is 142 Å². The topological polar surface area (TPSA) is 53.3 Å². The van der Waals surface area contributed by atoms with Crippen molar-refractivity contribution in [3.8, 4) is 0 Å². The van der Waals surface area contributed by atoms with Gasteiger partial charge in [-0.05, 0) is 25.1 Å². The lowest BCUT2D eigenvalue weighted by Gasteiger charge is -2.16. The van der Waals surface area contributed by atoms with Crippen LogP contribution in [0.5, 0.6) is 0 Å². The number of aromatic nitrogens is 2. The number of rotatable bonds is 7. The van der Waals surface area contributed by atoms with Gasteiger partial charge in [-0.15, -0.1) is 0 Å². The van der Waals surface area contributed by atoms with Gasteiger partial charge < -0.3 is 14.0 Å². The van der Waals surface area contributed by atoms with E-state index in [4.69, 9.17) is 21.1 Å². The van der Waals surface area contributed by atoms with Crippen LogP contribution in [0.25, 0.3) is 10.9 Å². The Hall–Kier alpha value is -1.37. The molecule has 0 fully saturated rings. The summed E-state index contributed by atoms with van der Waals surface area (Å²) in [5, 5.41) is 1.20. The zero-order chi connectivity index (χ0) is 17.0. The van der Waals surface area contributed by atoms with Gasteiger partial charge in [0.2, 0.25) is 0 Å². The fraction of sp³-hybridized carbons (Fsp3) is 0.500. The average molecular weight is 355 g/mol. The minimum Gasteiger partial charge on any atom is -0.461 e. The van der Waals surface area contributed by atoms with Crippen molar-refractivity contribution < 1.29 is 14.3 Å². The summed E-state index contributed by atoms with van der Waals surface area (Å²) in [6, 6.07) is 4.65. The van der Waals surface area contributed by atoms with Gasteiger partial charge in [0, 0.05) is 26.3 Å². The Morgan fingerprint density at radius 1 is 1.39 bits per heavy atom. The largest absolute Gasteiger partial charge is 0.461 e. The van der Waals surface area contributed by atoms with Gasteiger partial charge >= 0.3 is 5.97 Å². The van der Waals surface area contributed by atoms with Gasteiger partial charge in [0.05, 0.1) is 12.1 Å². The predicted molar refractivity (Wildman–Crippen MR) is 94.8 cm³/mol. The number of halogens is 1. The van der Waals surface area contributed by atoms with Crippen LogP contribution in [-0.4, -0.2) is 36.8 Å². The molecule has 23 heavy (non-hydrogen) atoms. The number of esters is 1. The van der Waals surface area contributed by atoms with Crippen LogP contribution in [0.4, 0.5) is 0 Å². The molecule has 0 aliphatic rings. The summed E-state index contributed by atoms with van der Waals surface area (Å²) >= 11 is 6.21. The summed E-state index contributed by atoms with van der Waals surface area (Å²) in [6.45, 7) is 9.92. The Morgan fingerprint density at radius 3 is 2.78 bits per heavy atom. The first kappa shape index (κ1) is 18.0. The fourth-order valence-corrected chi connectivity index (χ4v) is 3.24. The minimum atomic E-state index is -1.16. The molecule has 126 valence electrons. The number of carbonyl (C=O) groups is 1. The number of hydrogen-bond acceptors (Lipinski definition) is 4. The van der Waals surface area contributed by atoms with Gasteiger partial charge in [-0.3, -0.25) is 0 Å². The van der Waals surface area contributed by atoms with E-state index in [0.29, 0.717) is 29.6 Å². The Bertz CT molecular complexity index is 694. The number of hydrogen-bond donors (Lipinski definition) is 0. The molecule has 0 aliphatic heterocycles. The minimum absolute atomic E-state index is 0.257. The van der Waals surface area contributed by atoms with Crippen molar-refractivity contribution in [2.45, 2.75) is 39.3 Å². The van der Waals surface area contributed by atoms with Gasteiger partial charge in [0.25, 0.3) is 0 Å². The van der Waals surface area contributed by atoms with Crippen LogP contribution >= 0.6 is 11.6 Å². The Kier molecular flexibility index (Phi) is 5.83. The predicted octanol–water partition coefficient (Wildman–Crippen LogP) is 4.18. The molecule has 2 aromatic rings. The van der Waals surface area contributed by atoms with Crippen molar-refractivity contribution in [3.05, 3.63) is 29.2 Å². The molecule has 5 nitrogen and oxygen atoms in total. The molecule has 0 aliphatic carbocycles. The first-order valence-corrected chi connectivity index (χ1v) is 11.8. The molecule has 0 N–H and O–H groups in total. The van der Waals surface area contributed by atoms with E-state index >= 15 is 0 Å². The van der Waals surface area contributed by atoms with Crippen molar-refractivity contribution in [2.24, 2.45) is 0 Å². The molecule has 2 heterocycles. The molecule has 0 spiro atoms. The summed E-state index contributed by atoms with van der Waals surface area (Å²) in [4.78, 5) is 16.3. The molecule has 0 radical (unpaired) electrons. The number of pyridine rings is 1. The highest BCUT2D eigenvalue weighted by Gasteiger charge is 2.19. The molecule has 7 heteroatoms. The van der Waals surface area contributed by atoms with E-state index in [-0.39, 0.29) is 12.7 Å². The van der Waals surface area contributed by atoms with Gasteiger partial charge in [-0.25, -0.2) is 9.78 Å². The summed E-state index contributed by atoms with van der Waals surface area (Å²) in [7, 11) is -1.16. The highest BCUT2D eigenvalue weighted by molar-refractivity contribution is 6.76. The highest BCUT2D eigenvalue weighted by atomic mass is 35.5. The van der Waals surface area contributed by atoms with Crippen LogP contribution in [0.2, 0.25) is 30.8 Å². The maximum atomic E-state index is 12.2. The van der Waals surface area contributed by atoms with Crippen LogP contribution < -0.4 is 0 Å². The zero-order valence-corrected chi connectivity index (χ0v) is 15.8. The smallest absolute Gasteiger partial charge is 0.355 e. The fourth-order valence-electron chi connectivity index (χ4n) is 2.21. The molecule has 2 aromatic heterocycles. The number of fused-ring (bicyclic) bond motifs is 1. The summed E-state index contributed by atoms with van der Waals surface area (Å²) in [5.74, 6) is -0.381. The molecular weight excluding hydrogens is 332 g/mol. The van der Waals surface area contributed by atoms with E-state index in [1.165, 1.54) is 0 Å². The highest BCUT2D eigenvalue weighted by Crippen LogP contribution is 2.26. The van der Waals surface area contributed by atoms with E-state index in [9.17, 15) is 4.79 Å². The van der Waals surface area contributed by atoms with Gasteiger partial charge in [-0.2, -0.15) is 0 Å². The lowest BCUT2D eigenvalue weighted by molar-refractivity contribution is 0.0478. The van der Waals surface area contributed by atoms with Crippen molar-refractivity contribution in [1.82, 2.24) is 9.55 Å². The quantitative estimate of drug-likeness (QED) is 0.324. The third-order valence-electron chi connectivity index (χ3n) is 3.47. The molecule has 0 atom stereocenters. The third kappa shape index (κ3) is 4.56. The third-order valence-corrected chi connectivity index (χ3v) is 5.45. The van der Waals surface area contributed by atoms with E-state index in [1.807, 2.05) is 6.07 Å². The van der Waals surface area contributed by atoms with E-state index < -0.39 is 8.07 Å². The standard InChI is InChI=1S/C16H23ClN2O3Si/c1-5-22-16(20)13-10-12-6-7-18-15(17)14(12)19(13)11-21-8-9-23(2,3)4/h6-7,10H,5,8-9,11H2,1-4H3. The normalized spacial score (nSPS) is 11.9. The summed E-state index contributed by atoms with van der Waals surface area (Å²) in [5.41, 5.74) is 1.13. The second-order valence-corrected chi connectivity index (χ2v) is 12.5. The Morgan fingerprint density at radius 2 is 2.13 bits per heavy atom. The molecule has 2 rings (SSSR count). The van der Waals surface area contributed by atoms with Crippen molar-refractivity contribution in [3.63, 3.8) is 0 Å². The molecule has 0 bridgehead atoms. The second kappa shape index (κ2) is 7.46. The summed E-state index contributed by atoms with van der Waals surface area (Å²) < 4.78 is 12.7. The van der Waals surface area contributed by atoms with E-state index in [0.717, 1.165) is 11.4 Å². The lowest BCUT2D eigenvalue weighted by atomic mass is 10.3. The first-order valence-electron chi connectivity index (χ1n) is 7.72. The second-order valence-electron chi connectivity index (χ2n) is 6.57. The van der Waals surface area contributed by atoms with Gasteiger partial charge in [0.15, 0.2) is 5.15 Å². The lowest BCUT2D eigenvalue weighted by Crippen LogP contribution is -2.22. The maximum Gasteiger partial charge on any atom is 0.355 e. The average Bonchev–Trinajstić information content (AvgIpc) is 2.83. The molecule has 0 aromatic carbocycles. The van der Waals surface area contributed by atoms with Crippen LogP contribution in [0, 0.1) is 0 Å². The van der Waals surface area contributed by atoms with E-state index in [1.54, 1.807) is 23.8 Å². The molecule has 0 saturated carbocycles. The van der Waals surface area contributed by atoms with Crippen LogP contribution in [0.15, 0.2) is 18.3 Å². The number of carbonyl (C=O) groups excluding carboxylic acids is 1. The summed E-state index contributed by atoms with van der Waals surface area (Å²) in [6.07, 6.45) is 1.62. The molecule has 0 unspecified atom stereocenters. The van der Waals surface area contributed by atoms with Crippen LogP contribution in [0.3, 0.4) is 0 Å². The molecular formula is C16H23ClN2O3Si.